The Bertz CT molecular complexity index is 1310. The van der Waals surface area contributed by atoms with Gasteiger partial charge >= 0.3 is 11.8 Å². The van der Waals surface area contributed by atoms with E-state index in [4.69, 9.17) is 0 Å². The Morgan fingerprint density at radius 2 is 1.58 bits per heavy atom. The molecule has 166 valence electrons. The number of hydrogen-bond donors (Lipinski definition) is 4. The minimum absolute atomic E-state index is 0.127. The molecule has 0 aliphatic rings. The zero-order valence-corrected chi connectivity index (χ0v) is 18.1. The first-order valence-corrected chi connectivity index (χ1v) is 10.6. The molecule has 0 saturated heterocycles. The van der Waals surface area contributed by atoms with E-state index in [9.17, 15) is 14.4 Å². The van der Waals surface area contributed by atoms with Gasteiger partial charge in [0.2, 0.25) is 0 Å². The van der Waals surface area contributed by atoms with E-state index < -0.39 is 11.8 Å². The van der Waals surface area contributed by atoms with Crippen molar-refractivity contribution in [2.24, 2.45) is 0 Å². The number of aromatic amines is 1. The molecule has 7 heteroatoms. The molecule has 0 saturated carbocycles. The number of anilines is 1. The van der Waals surface area contributed by atoms with Crippen molar-refractivity contribution >= 4 is 34.3 Å². The Morgan fingerprint density at radius 1 is 0.788 bits per heavy atom. The number of benzene rings is 3. The molecule has 3 aromatic carbocycles. The molecule has 3 amide bonds. The van der Waals surface area contributed by atoms with Crippen LogP contribution in [-0.2, 0) is 22.7 Å². The van der Waals surface area contributed by atoms with Gasteiger partial charge in [-0.15, -0.1) is 0 Å². The van der Waals surface area contributed by atoms with Gasteiger partial charge in [0.15, 0.2) is 0 Å². The molecule has 0 aliphatic carbocycles. The number of fused-ring (bicyclic) bond motifs is 1. The molecule has 0 unspecified atom stereocenters. The number of amides is 3. The van der Waals surface area contributed by atoms with Gasteiger partial charge < -0.3 is 20.9 Å². The SMILES string of the molecule is Cc1ccc(CNC(=O)c2cccc(CNC(=O)C(=O)Nc3ccc4[nH]ccc4c3)c2)cc1. The fourth-order valence-corrected chi connectivity index (χ4v) is 3.39. The van der Waals surface area contributed by atoms with E-state index in [1.165, 1.54) is 0 Å². The Balaban J connectivity index is 1.30. The van der Waals surface area contributed by atoms with E-state index in [0.717, 1.165) is 22.0 Å². The molecule has 0 radical (unpaired) electrons. The topological polar surface area (TPSA) is 103 Å². The maximum absolute atomic E-state index is 12.5. The van der Waals surface area contributed by atoms with Gasteiger partial charge in [-0.2, -0.15) is 0 Å². The number of H-pyrrole nitrogens is 1. The van der Waals surface area contributed by atoms with Gasteiger partial charge in [-0.05, 0) is 54.4 Å². The summed E-state index contributed by atoms with van der Waals surface area (Å²) >= 11 is 0. The van der Waals surface area contributed by atoms with Crippen molar-refractivity contribution in [2.45, 2.75) is 20.0 Å². The fraction of sp³-hybridized carbons (Fsp3) is 0.115. The van der Waals surface area contributed by atoms with E-state index in [1.54, 1.807) is 42.6 Å². The number of aromatic nitrogens is 1. The van der Waals surface area contributed by atoms with Crippen LogP contribution in [0.1, 0.15) is 27.0 Å². The third-order valence-electron chi connectivity index (χ3n) is 5.23. The van der Waals surface area contributed by atoms with Crippen LogP contribution in [0.15, 0.2) is 79.0 Å². The van der Waals surface area contributed by atoms with E-state index in [2.05, 4.69) is 20.9 Å². The lowest BCUT2D eigenvalue weighted by atomic mass is 10.1. The number of carbonyl (C=O) groups is 3. The average Bonchev–Trinajstić information content (AvgIpc) is 3.30. The number of hydrogen-bond acceptors (Lipinski definition) is 3. The predicted molar refractivity (Wildman–Crippen MR) is 128 cm³/mol. The highest BCUT2D eigenvalue weighted by Crippen LogP contribution is 2.17. The lowest BCUT2D eigenvalue weighted by Crippen LogP contribution is -2.35. The van der Waals surface area contributed by atoms with Gasteiger partial charge in [-0.3, -0.25) is 14.4 Å². The molecule has 1 aromatic heterocycles. The van der Waals surface area contributed by atoms with Crippen molar-refractivity contribution in [3.05, 3.63) is 101 Å². The minimum Gasteiger partial charge on any atom is -0.361 e. The number of carbonyl (C=O) groups excluding carboxylic acids is 3. The molecule has 33 heavy (non-hydrogen) atoms. The second-order valence-corrected chi connectivity index (χ2v) is 7.79. The summed E-state index contributed by atoms with van der Waals surface area (Å²) in [6, 6.07) is 22.1. The Labute approximate surface area is 191 Å². The lowest BCUT2D eigenvalue weighted by molar-refractivity contribution is -0.136. The summed E-state index contributed by atoms with van der Waals surface area (Å²) < 4.78 is 0. The zero-order chi connectivity index (χ0) is 23.2. The van der Waals surface area contributed by atoms with Crippen LogP contribution in [0.2, 0.25) is 0 Å². The monoisotopic (exact) mass is 440 g/mol. The normalized spacial score (nSPS) is 10.6. The summed E-state index contributed by atoms with van der Waals surface area (Å²) in [5.74, 6) is -1.71. The minimum atomic E-state index is -0.753. The van der Waals surface area contributed by atoms with Crippen molar-refractivity contribution in [1.82, 2.24) is 15.6 Å². The van der Waals surface area contributed by atoms with Crippen LogP contribution in [0.5, 0.6) is 0 Å². The van der Waals surface area contributed by atoms with Crippen LogP contribution >= 0.6 is 0 Å². The van der Waals surface area contributed by atoms with Crippen LogP contribution in [0.4, 0.5) is 5.69 Å². The average molecular weight is 441 g/mol. The summed E-state index contributed by atoms with van der Waals surface area (Å²) in [6.07, 6.45) is 1.81. The summed E-state index contributed by atoms with van der Waals surface area (Å²) in [5, 5.41) is 9.01. The zero-order valence-electron chi connectivity index (χ0n) is 18.1. The summed E-state index contributed by atoms with van der Waals surface area (Å²) in [6.45, 7) is 2.57. The van der Waals surface area contributed by atoms with Crippen molar-refractivity contribution in [1.29, 1.82) is 0 Å². The first-order chi connectivity index (χ1) is 16.0. The van der Waals surface area contributed by atoms with Crippen LogP contribution < -0.4 is 16.0 Å². The van der Waals surface area contributed by atoms with Crippen LogP contribution in [0, 0.1) is 6.92 Å². The quantitative estimate of drug-likeness (QED) is 0.344. The van der Waals surface area contributed by atoms with E-state index in [1.807, 2.05) is 43.3 Å². The predicted octanol–water partition coefficient (Wildman–Crippen LogP) is 3.66. The molecule has 0 atom stereocenters. The van der Waals surface area contributed by atoms with E-state index in [0.29, 0.717) is 23.4 Å². The summed E-state index contributed by atoms with van der Waals surface area (Å²) in [7, 11) is 0. The molecule has 0 bridgehead atoms. The van der Waals surface area contributed by atoms with Crippen LogP contribution in [-0.4, -0.2) is 22.7 Å². The third-order valence-corrected chi connectivity index (χ3v) is 5.23. The van der Waals surface area contributed by atoms with Gasteiger partial charge in [0, 0.05) is 41.4 Å². The lowest BCUT2D eigenvalue weighted by Gasteiger charge is -2.09. The van der Waals surface area contributed by atoms with Crippen molar-refractivity contribution in [3.63, 3.8) is 0 Å². The first kappa shape index (κ1) is 21.8. The van der Waals surface area contributed by atoms with E-state index >= 15 is 0 Å². The highest BCUT2D eigenvalue weighted by atomic mass is 16.2. The maximum atomic E-state index is 12.5. The highest BCUT2D eigenvalue weighted by Gasteiger charge is 2.14. The van der Waals surface area contributed by atoms with Gasteiger partial charge in [0.05, 0.1) is 0 Å². The first-order valence-electron chi connectivity index (χ1n) is 10.6. The van der Waals surface area contributed by atoms with Crippen molar-refractivity contribution in [2.75, 3.05) is 5.32 Å². The Kier molecular flexibility index (Phi) is 6.50. The smallest absolute Gasteiger partial charge is 0.313 e. The molecular weight excluding hydrogens is 416 g/mol. The van der Waals surface area contributed by atoms with Crippen molar-refractivity contribution in [3.8, 4) is 0 Å². The number of aryl methyl sites for hydroxylation is 1. The van der Waals surface area contributed by atoms with Gasteiger partial charge in [-0.1, -0.05) is 42.0 Å². The van der Waals surface area contributed by atoms with Gasteiger partial charge in [0.1, 0.15) is 0 Å². The maximum Gasteiger partial charge on any atom is 0.313 e. The standard InChI is InChI=1S/C26H24N4O3/c1-17-5-7-18(8-6-17)15-28-24(31)21-4-2-3-19(13-21)16-29-25(32)26(33)30-22-9-10-23-20(14-22)11-12-27-23/h2-14,27H,15-16H2,1H3,(H,28,31)(H,29,32)(H,30,33). The Morgan fingerprint density at radius 3 is 2.39 bits per heavy atom. The van der Waals surface area contributed by atoms with Gasteiger partial charge in [-0.25, -0.2) is 0 Å². The molecular formula is C26H24N4O3. The summed E-state index contributed by atoms with van der Waals surface area (Å²) in [5.41, 5.74) is 4.86. The van der Waals surface area contributed by atoms with Crippen molar-refractivity contribution < 1.29 is 14.4 Å². The van der Waals surface area contributed by atoms with Crippen LogP contribution in [0.3, 0.4) is 0 Å². The molecule has 4 N–H and O–H groups in total. The molecule has 1 heterocycles. The Hall–Kier alpha value is -4.39. The van der Waals surface area contributed by atoms with E-state index in [-0.39, 0.29) is 12.5 Å². The van der Waals surface area contributed by atoms with Gasteiger partial charge in [0.25, 0.3) is 5.91 Å². The summed E-state index contributed by atoms with van der Waals surface area (Å²) in [4.78, 5) is 40.0. The number of rotatable bonds is 6. The highest BCUT2D eigenvalue weighted by molar-refractivity contribution is 6.39. The molecule has 0 fully saturated rings. The molecule has 4 rings (SSSR count). The number of nitrogens with one attached hydrogen (secondary N) is 4. The molecule has 0 aliphatic heterocycles. The molecule has 7 nitrogen and oxygen atoms in total. The largest absolute Gasteiger partial charge is 0.361 e. The van der Waals surface area contributed by atoms with Crippen LogP contribution in [0.25, 0.3) is 10.9 Å². The fourth-order valence-electron chi connectivity index (χ4n) is 3.39. The molecule has 4 aromatic rings. The second kappa shape index (κ2) is 9.82. The second-order valence-electron chi connectivity index (χ2n) is 7.79. The molecule has 0 spiro atoms. The third kappa shape index (κ3) is 5.65.